The topological polar surface area (TPSA) is 834 Å². The van der Waals surface area contributed by atoms with Crippen molar-refractivity contribution in [1.29, 1.82) is 0 Å². The Balaban J connectivity index is 1.87. The summed E-state index contributed by atoms with van der Waals surface area (Å²) in [6.07, 6.45) is -40.9. The molecule has 0 unspecified atom stereocenters. The average Bonchev–Trinajstić information content (AvgIpc) is 0.817. The minimum Gasteiger partial charge on any atom is -0.481 e. The molecule has 0 saturated carbocycles. The largest absolute Gasteiger partial charge is 0.481 e. The highest BCUT2D eigenvalue weighted by Crippen LogP contribution is 2.25. The summed E-state index contributed by atoms with van der Waals surface area (Å²) in [5.41, 5.74) is 5.32. The molecule has 612 valence electrons. The lowest BCUT2D eigenvalue weighted by Crippen LogP contribution is -2.58. The van der Waals surface area contributed by atoms with Crippen molar-refractivity contribution in [3.8, 4) is 0 Å². The molecular weight excluding hydrogens is 1510 g/mol. The lowest BCUT2D eigenvalue weighted by molar-refractivity contribution is -0.150. The van der Waals surface area contributed by atoms with E-state index >= 15 is 0 Å². The monoisotopic (exact) mass is 1590 g/mol. The summed E-state index contributed by atoms with van der Waals surface area (Å²) in [7, 11) is 0. The summed E-state index contributed by atoms with van der Waals surface area (Å²) in [6.45, 7) is -5.38. The van der Waals surface area contributed by atoms with Crippen molar-refractivity contribution in [2.24, 2.45) is 23.7 Å². The Morgan fingerprint density at radius 2 is 0.873 bits per heavy atom. The van der Waals surface area contributed by atoms with Crippen molar-refractivity contribution in [1.82, 2.24) is 46.5 Å². The third-order valence-electron chi connectivity index (χ3n) is 16.8. The van der Waals surface area contributed by atoms with Crippen LogP contribution in [0.5, 0.6) is 0 Å². The van der Waals surface area contributed by atoms with Gasteiger partial charge in [0.25, 0.3) is 11.5 Å². The molecule has 5 amide bonds. The molecule has 47 nitrogen and oxygen atoms in total. The zero-order valence-corrected chi connectivity index (χ0v) is 58.4. The van der Waals surface area contributed by atoms with Gasteiger partial charge in [-0.25, -0.2) is 24.4 Å². The molecule has 0 spiro atoms. The Bertz CT molecular complexity index is 3780. The maximum Gasteiger partial charge on any atom is 0.326 e. The fourth-order valence-corrected chi connectivity index (χ4v) is 10.7. The number of nitrogens with one attached hydrogen (secondary N) is 7. The van der Waals surface area contributed by atoms with Gasteiger partial charge < -0.3 is 145 Å². The third kappa shape index (κ3) is 28.2. The number of hydrogen-bond acceptors (Lipinski definition) is 37. The average molecular weight is 1590 g/mol. The molecule has 1 aromatic carbocycles. The van der Waals surface area contributed by atoms with E-state index in [0.717, 1.165) is 0 Å². The molecule has 0 radical (unpaired) electrons. The van der Waals surface area contributed by atoms with Gasteiger partial charge in [-0.1, -0.05) is 0 Å². The highest BCUT2D eigenvalue weighted by atomic mass is 32.1. The van der Waals surface area contributed by atoms with E-state index in [0.29, 0.717) is 5.69 Å². The first-order chi connectivity index (χ1) is 51.5. The lowest BCUT2D eigenvalue weighted by Gasteiger charge is -2.31. The maximum atomic E-state index is 14.1. The van der Waals surface area contributed by atoms with Crippen molar-refractivity contribution >= 4 is 118 Å². The Morgan fingerprint density at radius 3 is 1.27 bits per heavy atom. The maximum absolute atomic E-state index is 14.1. The molecule has 0 bridgehead atoms. The van der Waals surface area contributed by atoms with Crippen LogP contribution in [-0.4, -0.2) is 345 Å². The predicted molar refractivity (Wildman–Crippen MR) is 363 cm³/mol. The van der Waals surface area contributed by atoms with Gasteiger partial charge in [0, 0.05) is 55.5 Å². The van der Waals surface area contributed by atoms with E-state index in [9.17, 15) is 179 Å². The second-order valence-corrected chi connectivity index (χ2v) is 25.4. The van der Waals surface area contributed by atoms with Crippen LogP contribution in [0.4, 0.5) is 11.6 Å². The van der Waals surface area contributed by atoms with Crippen molar-refractivity contribution in [2.45, 2.75) is 168 Å². The van der Waals surface area contributed by atoms with Crippen LogP contribution >= 0.6 is 12.6 Å². The first kappa shape index (κ1) is 94.3. The van der Waals surface area contributed by atoms with Gasteiger partial charge in [-0.2, -0.15) is 17.6 Å². The summed E-state index contributed by atoms with van der Waals surface area (Å²) in [4.78, 5) is 211. The summed E-state index contributed by atoms with van der Waals surface area (Å²) in [6, 6.07) is -6.87. The summed E-state index contributed by atoms with van der Waals surface area (Å²) in [5.74, 6) is -33.4. The van der Waals surface area contributed by atoms with Crippen LogP contribution in [0.3, 0.4) is 0 Å². The predicted octanol–water partition coefficient (Wildman–Crippen LogP) is -13.2. The van der Waals surface area contributed by atoms with Gasteiger partial charge in [0.1, 0.15) is 103 Å². The first-order valence-corrected chi connectivity index (χ1v) is 33.4. The number of fused-ring (bicyclic) bond motifs is 1. The van der Waals surface area contributed by atoms with E-state index in [2.05, 4.69) is 43.2 Å². The van der Waals surface area contributed by atoms with Crippen molar-refractivity contribution < 1.29 is 174 Å². The standard InChI is InChI=1S/C62H87N11O36S/c63-62-72-52-43(56(99)73-62)66-25(15-65-52)14-64-24-3-1-21(2-4-24)53(96)67-30(59(104)105)6-5-26(78)10-28(44(88)46(90)35(82)16-74)54(97)68-31(60(106)107)12-39(86)70-41(50(94)48(92)37(84)18-76)33(80)8-22(57(100)101)7-27(79)11-29(45(89)47(91)36(83)17-75)55(98)69-32(61(108)109)13-40(87)71-42(51(95)49(93)38(85)19-77)34(81)9-23(20-110)58(102)103/h1-4,15,22-23,28-32,35-38,41-42,44-51,64,74-77,82-85,88-95,110H,5-14,16-20H2,(H,67,96)(H,68,97)(H,69,98)(H,70,86)(H,71,87)(H,100,101)(H,102,103)(H,104,105)(H,106,107)(H,108,109)(H3,63,65,72,73,99)/t22-,23+,28+,29+,30+,31+,32+,35-,36-,37-,38-,41-,42-,44-,45-,46-,47-,48-,49-,50-,51-/m1/s1. The number of nitrogens with zero attached hydrogens (tertiary/aromatic N) is 3. The van der Waals surface area contributed by atoms with Crippen LogP contribution in [0.2, 0.25) is 0 Å². The van der Waals surface area contributed by atoms with Crippen molar-refractivity contribution in [2.75, 3.05) is 43.2 Å². The molecule has 110 heavy (non-hydrogen) atoms. The van der Waals surface area contributed by atoms with E-state index in [1.807, 2.05) is 0 Å². The summed E-state index contributed by atoms with van der Waals surface area (Å²) in [5, 5.41) is 227. The molecule has 30 N–H and O–H groups in total. The number of aromatic nitrogens is 4. The van der Waals surface area contributed by atoms with E-state index in [4.69, 9.17) is 5.73 Å². The van der Waals surface area contributed by atoms with Crippen molar-refractivity contribution in [3.63, 3.8) is 0 Å². The second-order valence-electron chi connectivity index (χ2n) is 25.0. The van der Waals surface area contributed by atoms with Gasteiger partial charge in [0.15, 0.2) is 22.7 Å². The van der Waals surface area contributed by atoms with Crippen LogP contribution < -0.4 is 43.2 Å². The number of rotatable bonds is 52. The zero-order valence-electron chi connectivity index (χ0n) is 57.5. The molecule has 3 aromatic rings. The number of benzene rings is 1. The Labute approximate surface area is 623 Å². The van der Waals surface area contributed by atoms with Crippen LogP contribution in [0.1, 0.15) is 73.8 Å². The Hall–Kier alpha value is -9.87. The molecular formula is C62H87N11O36S. The molecule has 0 aliphatic heterocycles. The first-order valence-electron chi connectivity index (χ1n) is 32.8. The van der Waals surface area contributed by atoms with E-state index < -0.39 is 305 Å². The van der Waals surface area contributed by atoms with Gasteiger partial charge in [-0.05, 0) is 30.7 Å². The molecule has 0 fully saturated rings. The molecule has 48 heteroatoms. The number of nitrogens with two attached hydrogens (primary N) is 1. The number of hydrogen-bond donors (Lipinski definition) is 30. The number of carbonyl (C=O) groups is 14. The quantitative estimate of drug-likeness (QED) is 0.0233. The number of amides is 5. The van der Waals surface area contributed by atoms with Gasteiger partial charge in [0.2, 0.25) is 29.6 Å². The number of aliphatic carboxylic acids is 5. The Kier molecular flexibility index (Phi) is 38.3. The molecule has 0 saturated heterocycles. The summed E-state index contributed by atoms with van der Waals surface area (Å²) >= 11 is 3.80. The number of carboxylic acids is 5. The van der Waals surface area contributed by atoms with E-state index in [-0.39, 0.29) is 34.9 Å². The molecule has 0 aliphatic carbocycles. The summed E-state index contributed by atoms with van der Waals surface area (Å²) < 4.78 is 0. The zero-order chi connectivity index (χ0) is 83.5. The van der Waals surface area contributed by atoms with E-state index in [1.165, 1.54) is 30.5 Å². The second kappa shape index (κ2) is 44.7. The van der Waals surface area contributed by atoms with Crippen LogP contribution in [0.25, 0.3) is 11.2 Å². The minimum atomic E-state index is -2.86. The van der Waals surface area contributed by atoms with Gasteiger partial charge in [-0.3, -0.25) is 62.5 Å². The minimum absolute atomic E-state index is 0.00509. The number of aliphatic hydroxyl groups is 16. The lowest BCUT2D eigenvalue weighted by atomic mass is 9.85. The molecule has 21 atom stereocenters. The number of H-pyrrole nitrogens is 1. The van der Waals surface area contributed by atoms with Crippen LogP contribution in [-0.2, 0) is 68.9 Å². The number of aromatic amines is 1. The number of nitrogen functional groups attached to an aromatic ring is 1. The van der Waals surface area contributed by atoms with Gasteiger partial charge in [-0.15, -0.1) is 0 Å². The number of Topliss-reactive ketones (excluding diaryl/α,β-unsaturated/α-hetero) is 4. The van der Waals surface area contributed by atoms with Gasteiger partial charge in [0.05, 0.1) is 93.6 Å². The highest BCUT2D eigenvalue weighted by Gasteiger charge is 2.45. The number of ketones is 4. The smallest absolute Gasteiger partial charge is 0.326 e. The molecule has 3 rings (SSSR count). The van der Waals surface area contributed by atoms with Crippen molar-refractivity contribution in [3.05, 3.63) is 52.1 Å². The molecule has 0 aliphatic rings. The number of aliphatic hydroxyl groups excluding tert-OH is 16. The third-order valence-corrected chi connectivity index (χ3v) is 17.3. The van der Waals surface area contributed by atoms with E-state index in [1.54, 1.807) is 21.3 Å². The molecule has 2 aromatic heterocycles. The van der Waals surface area contributed by atoms with Crippen LogP contribution in [0, 0.1) is 23.7 Å². The van der Waals surface area contributed by atoms with Gasteiger partial charge >= 0.3 is 29.8 Å². The number of thiol groups is 1. The Morgan fingerprint density at radius 1 is 0.464 bits per heavy atom. The molecule has 2 heterocycles. The fraction of sp³-hybridized carbons (Fsp3) is 0.581. The number of anilines is 2. The normalized spacial score (nSPS) is 17.3. The fourth-order valence-electron chi connectivity index (χ4n) is 10.4. The number of carboxylic acid groups (broad SMARTS) is 5. The number of carbonyl (C=O) groups excluding carboxylic acids is 9. The van der Waals surface area contributed by atoms with Crippen LogP contribution in [0.15, 0.2) is 35.3 Å². The highest BCUT2D eigenvalue weighted by molar-refractivity contribution is 7.80. The SMILES string of the molecule is Nc1nc2ncc(CNc3ccc(C(=O)N[C@@H](CCC(=O)C[C@H](C(=O)N[C@@H](CC(=O)N[C@H](C(=O)C[C@@H](CC(=O)C[C@H](C(=O)N[C@@H](CC(=O)N[C@H](C(=O)C[C@@H](CS)C(=O)O)[C@@H](O)[C@H](O)[C@H](O)CO)C(=O)O)[C@@H](O)[C@H](O)[C@H](O)CO)C(=O)O)[C@@H](O)[C@H](O)[C@H](O)CO)C(=O)O)[C@@H](O)[C@H](O)[C@H](O)CO)C(=O)O)cc3)nc2c(=O)[nH]1.